The van der Waals surface area contributed by atoms with Crippen molar-refractivity contribution in [3.05, 3.63) is 28.8 Å². The van der Waals surface area contributed by atoms with E-state index < -0.39 is 18.8 Å². The number of rotatable bonds is 6. The number of hydrogen-bond donors (Lipinski definition) is 1. The van der Waals surface area contributed by atoms with Gasteiger partial charge in [0.15, 0.2) is 0 Å². The average Bonchev–Trinajstić information content (AvgIpc) is 2.29. The number of hydrogen-bond acceptors (Lipinski definition) is 3. The number of halogens is 3. The predicted octanol–water partition coefficient (Wildman–Crippen LogP) is 2.96. The fourth-order valence-corrected chi connectivity index (χ4v) is 1.69. The molecule has 1 aromatic rings. The van der Waals surface area contributed by atoms with Crippen molar-refractivity contribution in [2.75, 3.05) is 19.8 Å². The zero-order valence-corrected chi connectivity index (χ0v) is 11.1. The van der Waals surface area contributed by atoms with Crippen LogP contribution in [0.3, 0.4) is 0 Å². The van der Waals surface area contributed by atoms with Crippen LogP contribution >= 0.6 is 0 Å². The van der Waals surface area contributed by atoms with Crippen LogP contribution in [0.25, 0.3) is 0 Å². The predicted molar refractivity (Wildman–Crippen MR) is 65.2 cm³/mol. The highest BCUT2D eigenvalue weighted by molar-refractivity contribution is 5.88. The maximum absolute atomic E-state index is 11.8. The van der Waals surface area contributed by atoms with Crippen molar-refractivity contribution in [1.29, 1.82) is 0 Å². The van der Waals surface area contributed by atoms with Crippen molar-refractivity contribution in [2.24, 2.45) is 0 Å². The second kappa shape index (κ2) is 6.60. The molecule has 0 bridgehead atoms. The van der Waals surface area contributed by atoms with Crippen molar-refractivity contribution in [3.63, 3.8) is 0 Å². The molecule has 112 valence electrons. The van der Waals surface area contributed by atoms with E-state index in [1.807, 2.05) is 0 Å². The van der Waals surface area contributed by atoms with Crippen molar-refractivity contribution in [1.82, 2.24) is 0 Å². The monoisotopic (exact) mass is 292 g/mol. The van der Waals surface area contributed by atoms with E-state index in [1.165, 1.54) is 12.1 Å². The quantitative estimate of drug-likeness (QED) is 0.819. The van der Waals surface area contributed by atoms with Gasteiger partial charge in [-0.25, -0.2) is 4.79 Å². The van der Waals surface area contributed by atoms with Crippen molar-refractivity contribution >= 4 is 5.97 Å². The summed E-state index contributed by atoms with van der Waals surface area (Å²) in [6.45, 7) is 1.80. The molecule has 0 atom stereocenters. The highest BCUT2D eigenvalue weighted by Crippen LogP contribution is 2.25. The molecule has 0 saturated heterocycles. The Bertz CT molecular complexity index is 460. The first-order chi connectivity index (χ1) is 9.20. The topological polar surface area (TPSA) is 55.8 Å². The number of alkyl halides is 3. The van der Waals surface area contributed by atoms with Gasteiger partial charge in [-0.3, -0.25) is 0 Å². The molecular formula is C13H15F3O4. The summed E-state index contributed by atoms with van der Waals surface area (Å²) in [5.41, 5.74) is 1.36. The minimum Gasteiger partial charge on any atom is -0.491 e. The van der Waals surface area contributed by atoms with Crippen molar-refractivity contribution in [2.45, 2.75) is 20.0 Å². The molecule has 0 heterocycles. The van der Waals surface area contributed by atoms with E-state index in [0.717, 1.165) is 0 Å². The lowest BCUT2D eigenvalue weighted by molar-refractivity contribution is -0.175. The van der Waals surface area contributed by atoms with Crippen LogP contribution in [0.5, 0.6) is 5.75 Å². The molecule has 1 rings (SSSR count). The van der Waals surface area contributed by atoms with E-state index in [4.69, 9.17) is 9.84 Å². The Morgan fingerprint density at radius 2 is 1.75 bits per heavy atom. The molecule has 1 N–H and O–H groups in total. The maximum Gasteiger partial charge on any atom is 0.411 e. The van der Waals surface area contributed by atoms with E-state index in [2.05, 4.69) is 4.74 Å². The lowest BCUT2D eigenvalue weighted by Crippen LogP contribution is -2.19. The first-order valence-electron chi connectivity index (χ1n) is 5.82. The van der Waals surface area contributed by atoms with Gasteiger partial charge in [0.1, 0.15) is 19.0 Å². The van der Waals surface area contributed by atoms with Gasteiger partial charge in [0, 0.05) is 0 Å². The summed E-state index contributed by atoms with van der Waals surface area (Å²) in [5.74, 6) is -0.582. The Labute approximate surface area is 114 Å². The van der Waals surface area contributed by atoms with E-state index in [0.29, 0.717) is 16.9 Å². The van der Waals surface area contributed by atoms with Gasteiger partial charge >= 0.3 is 12.1 Å². The van der Waals surface area contributed by atoms with Gasteiger partial charge in [0.05, 0.1) is 12.2 Å². The number of carboxylic acids is 1. The molecule has 0 saturated carbocycles. The molecule has 0 aliphatic carbocycles. The summed E-state index contributed by atoms with van der Waals surface area (Å²) in [6, 6.07) is 2.89. The summed E-state index contributed by atoms with van der Waals surface area (Å²) < 4.78 is 45.2. The number of aryl methyl sites for hydroxylation is 2. The van der Waals surface area contributed by atoms with E-state index in [-0.39, 0.29) is 18.8 Å². The molecule has 20 heavy (non-hydrogen) atoms. The third-order valence-corrected chi connectivity index (χ3v) is 2.45. The molecule has 4 nitrogen and oxygen atoms in total. The molecular weight excluding hydrogens is 277 g/mol. The first kappa shape index (κ1) is 16.3. The van der Waals surface area contributed by atoms with E-state index >= 15 is 0 Å². The van der Waals surface area contributed by atoms with Crippen LogP contribution in [0.2, 0.25) is 0 Å². The van der Waals surface area contributed by atoms with Crippen LogP contribution < -0.4 is 4.74 Å². The summed E-state index contributed by atoms with van der Waals surface area (Å²) >= 11 is 0. The molecule has 1 aromatic carbocycles. The molecule has 0 aliphatic heterocycles. The molecule has 0 spiro atoms. The van der Waals surface area contributed by atoms with Gasteiger partial charge in [0.2, 0.25) is 0 Å². The third kappa shape index (κ3) is 5.08. The second-order valence-electron chi connectivity index (χ2n) is 4.26. The van der Waals surface area contributed by atoms with Gasteiger partial charge in [-0.15, -0.1) is 0 Å². The van der Waals surface area contributed by atoms with E-state index in [1.54, 1.807) is 13.8 Å². The summed E-state index contributed by atoms with van der Waals surface area (Å²) in [6.07, 6.45) is -4.35. The largest absolute Gasteiger partial charge is 0.491 e. The van der Waals surface area contributed by atoms with Gasteiger partial charge in [-0.05, 0) is 37.1 Å². The second-order valence-corrected chi connectivity index (χ2v) is 4.26. The maximum atomic E-state index is 11.8. The van der Waals surface area contributed by atoms with Crippen molar-refractivity contribution < 1.29 is 32.5 Å². The van der Waals surface area contributed by atoms with Crippen LogP contribution in [0, 0.1) is 13.8 Å². The molecule has 0 aliphatic rings. The molecule has 7 heteroatoms. The molecule has 0 radical (unpaired) electrons. The minimum atomic E-state index is -4.35. The minimum absolute atomic E-state index is 0.0375. The fraction of sp³-hybridized carbons (Fsp3) is 0.462. The van der Waals surface area contributed by atoms with Crippen molar-refractivity contribution in [3.8, 4) is 5.75 Å². The number of carboxylic acid groups (broad SMARTS) is 1. The smallest absolute Gasteiger partial charge is 0.411 e. The Balaban J connectivity index is 2.55. The lowest BCUT2D eigenvalue weighted by Gasteiger charge is -2.13. The average molecular weight is 292 g/mol. The van der Waals surface area contributed by atoms with Crippen LogP contribution in [0.1, 0.15) is 21.5 Å². The van der Waals surface area contributed by atoms with Gasteiger partial charge in [0.25, 0.3) is 0 Å². The Morgan fingerprint density at radius 1 is 1.20 bits per heavy atom. The summed E-state index contributed by atoms with van der Waals surface area (Å²) in [7, 11) is 0. The number of aromatic carboxylic acids is 1. The third-order valence-electron chi connectivity index (χ3n) is 2.45. The molecule has 0 amide bonds. The lowest BCUT2D eigenvalue weighted by atomic mass is 10.1. The van der Waals surface area contributed by atoms with E-state index in [9.17, 15) is 18.0 Å². The van der Waals surface area contributed by atoms with Gasteiger partial charge in [-0.2, -0.15) is 13.2 Å². The SMILES string of the molecule is Cc1cc(C(=O)O)cc(C)c1OCCOCC(F)(F)F. The standard InChI is InChI=1S/C13H15F3O4/c1-8-5-10(12(17)18)6-9(2)11(8)20-4-3-19-7-13(14,15)16/h5-6H,3-4,7H2,1-2H3,(H,17,18). The number of ether oxygens (including phenoxy) is 2. The normalized spacial score (nSPS) is 11.4. The Morgan fingerprint density at radius 3 is 2.20 bits per heavy atom. The van der Waals surface area contributed by atoms with Crippen LogP contribution in [0.15, 0.2) is 12.1 Å². The Hall–Kier alpha value is -1.76. The Kier molecular flexibility index (Phi) is 5.38. The fourth-order valence-electron chi connectivity index (χ4n) is 1.69. The molecule has 0 aromatic heterocycles. The number of carbonyl (C=O) groups is 1. The number of benzene rings is 1. The highest BCUT2D eigenvalue weighted by atomic mass is 19.4. The van der Waals surface area contributed by atoms with Gasteiger partial charge < -0.3 is 14.6 Å². The van der Waals surface area contributed by atoms with Crippen LogP contribution in [-0.4, -0.2) is 37.1 Å². The highest BCUT2D eigenvalue weighted by Gasteiger charge is 2.27. The summed E-state index contributed by atoms with van der Waals surface area (Å²) in [4.78, 5) is 10.8. The zero-order chi connectivity index (χ0) is 15.3. The summed E-state index contributed by atoms with van der Waals surface area (Å²) in [5, 5.41) is 8.88. The van der Waals surface area contributed by atoms with Crippen LogP contribution in [-0.2, 0) is 4.74 Å². The first-order valence-corrected chi connectivity index (χ1v) is 5.82. The molecule has 0 unspecified atom stereocenters. The molecule has 0 fully saturated rings. The zero-order valence-electron chi connectivity index (χ0n) is 11.1. The van der Waals surface area contributed by atoms with Crippen LogP contribution in [0.4, 0.5) is 13.2 Å². The van der Waals surface area contributed by atoms with Gasteiger partial charge in [-0.1, -0.05) is 0 Å².